The molecule has 0 aliphatic rings. The summed E-state index contributed by atoms with van der Waals surface area (Å²) < 4.78 is 18.9. The lowest BCUT2D eigenvalue weighted by Gasteiger charge is -2.19. The van der Waals surface area contributed by atoms with Gasteiger partial charge in [0.25, 0.3) is 0 Å². The third kappa shape index (κ3) is 4.76. The van der Waals surface area contributed by atoms with Crippen molar-refractivity contribution >= 4 is 5.69 Å². The molecule has 0 radical (unpaired) electrons. The fourth-order valence-electron chi connectivity index (χ4n) is 2.09. The molecule has 0 aromatic heterocycles. The van der Waals surface area contributed by atoms with Crippen molar-refractivity contribution < 1.29 is 9.13 Å². The van der Waals surface area contributed by atoms with Crippen molar-refractivity contribution in [1.82, 2.24) is 5.32 Å². The van der Waals surface area contributed by atoms with E-state index < -0.39 is 0 Å². The molecule has 0 saturated carbocycles. The summed E-state index contributed by atoms with van der Waals surface area (Å²) in [6.45, 7) is 2.07. The van der Waals surface area contributed by atoms with Gasteiger partial charge in [-0.25, -0.2) is 4.39 Å². The Morgan fingerprint density at radius 2 is 1.95 bits per heavy atom. The van der Waals surface area contributed by atoms with Gasteiger partial charge in [0.2, 0.25) is 0 Å². The maximum Gasteiger partial charge on any atom is 0.125 e. The summed E-state index contributed by atoms with van der Waals surface area (Å²) in [5.74, 6) is 0.635. The predicted octanol–water partition coefficient (Wildman–Crippen LogP) is 3.06. The molecule has 1 N–H and O–H groups in total. The highest BCUT2D eigenvalue weighted by atomic mass is 19.1. The number of benzene rings is 2. The highest BCUT2D eigenvalue weighted by Crippen LogP contribution is 2.15. The number of rotatable bonds is 7. The lowest BCUT2D eigenvalue weighted by Crippen LogP contribution is -2.23. The third-order valence-corrected chi connectivity index (χ3v) is 3.22. The Hall–Kier alpha value is -2.07. The van der Waals surface area contributed by atoms with E-state index in [0.29, 0.717) is 13.2 Å². The second-order valence-electron chi connectivity index (χ2n) is 4.93. The van der Waals surface area contributed by atoms with Crippen LogP contribution in [-0.4, -0.2) is 27.2 Å². The zero-order valence-corrected chi connectivity index (χ0v) is 12.5. The van der Waals surface area contributed by atoms with Crippen molar-refractivity contribution in [2.75, 3.05) is 32.1 Å². The van der Waals surface area contributed by atoms with Gasteiger partial charge in [0, 0.05) is 19.3 Å². The molecule has 0 aliphatic carbocycles. The topological polar surface area (TPSA) is 24.5 Å². The van der Waals surface area contributed by atoms with Gasteiger partial charge < -0.3 is 15.0 Å². The number of hydrogen-bond acceptors (Lipinski definition) is 3. The average Bonchev–Trinajstić information content (AvgIpc) is 2.48. The van der Waals surface area contributed by atoms with Gasteiger partial charge in [-0.3, -0.25) is 0 Å². The highest BCUT2D eigenvalue weighted by Gasteiger charge is 2.03. The van der Waals surface area contributed by atoms with Crippen molar-refractivity contribution in [3.05, 3.63) is 59.9 Å². The Kier molecular flexibility index (Phi) is 5.58. The Bertz CT molecular complexity index is 574. The second kappa shape index (κ2) is 7.64. The smallest absolute Gasteiger partial charge is 0.125 e. The fraction of sp³-hybridized carbons (Fsp3) is 0.294. The average molecular weight is 288 g/mol. The molecule has 2 rings (SSSR count). The number of halogens is 1. The van der Waals surface area contributed by atoms with Gasteiger partial charge in [0.15, 0.2) is 0 Å². The molecule has 0 unspecified atom stereocenters. The number of ether oxygens (including phenoxy) is 1. The molecule has 2 aromatic rings. The minimum atomic E-state index is -0.222. The molecule has 0 amide bonds. The summed E-state index contributed by atoms with van der Waals surface area (Å²) in [5, 5.41) is 3.11. The first-order valence-electron chi connectivity index (χ1n) is 7.02. The predicted molar refractivity (Wildman–Crippen MR) is 84.4 cm³/mol. The van der Waals surface area contributed by atoms with Crippen LogP contribution in [0.4, 0.5) is 10.1 Å². The lowest BCUT2D eigenvalue weighted by atomic mass is 10.2. The largest absolute Gasteiger partial charge is 0.492 e. The van der Waals surface area contributed by atoms with Crippen LogP contribution < -0.4 is 15.0 Å². The van der Waals surface area contributed by atoms with Crippen molar-refractivity contribution in [2.24, 2.45) is 0 Å². The van der Waals surface area contributed by atoms with Gasteiger partial charge in [-0.05, 0) is 42.9 Å². The fourth-order valence-corrected chi connectivity index (χ4v) is 2.09. The van der Waals surface area contributed by atoms with E-state index in [9.17, 15) is 4.39 Å². The first-order chi connectivity index (χ1) is 10.2. The van der Waals surface area contributed by atoms with Crippen LogP contribution in [0.1, 0.15) is 5.56 Å². The first-order valence-corrected chi connectivity index (χ1v) is 7.02. The second-order valence-corrected chi connectivity index (χ2v) is 4.93. The zero-order chi connectivity index (χ0) is 15.1. The Morgan fingerprint density at radius 1 is 1.14 bits per heavy atom. The number of anilines is 1. The summed E-state index contributed by atoms with van der Waals surface area (Å²) in [7, 11) is 3.84. The van der Waals surface area contributed by atoms with E-state index >= 15 is 0 Å². The van der Waals surface area contributed by atoms with Crippen LogP contribution in [0.3, 0.4) is 0 Å². The van der Waals surface area contributed by atoms with Gasteiger partial charge >= 0.3 is 0 Å². The summed E-state index contributed by atoms with van der Waals surface area (Å²) >= 11 is 0. The van der Waals surface area contributed by atoms with E-state index in [1.807, 2.05) is 43.3 Å². The standard InChI is InChI=1S/C17H21FN2O/c1-19-13-14-5-3-8-17(11-14)21-10-9-20(2)16-7-4-6-15(18)12-16/h3-8,11-12,19H,9-10,13H2,1-2H3. The molecule has 0 fully saturated rings. The zero-order valence-electron chi connectivity index (χ0n) is 12.5. The van der Waals surface area contributed by atoms with E-state index in [1.165, 1.54) is 17.7 Å². The van der Waals surface area contributed by atoms with Crippen LogP contribution >= 0.6 is 0 Å². The molecular formula is C17H21FN2O. The Balaban J connectivity index is 1.85. The van der Waals surface area contributed by atoms with Gasteiger partial charge in [0.05, 0.1) is 6.54 Å². The van der Waals surface area contributed by atoms with E-state index in [4.69, 9.17) is 4.74 Å². The van der Waals surface area contributed by atoms with Gasteiger partial charge in [-0.15, -0.1) is 0 Å². The van der Waals surface area contributed by atoms with Crippen LogP contribution in [0.15, 0.2) is 48.5 Å². The van der Waals surface area contributed by atoms with E-state index in [2.05, 4.69) is 11.4 Å². The van der Waals surface area contributed by atoms with E-state index in [0.717, 1.165) is 18.0 Å². The number of nitrogens with one attached hydrogen (secondary N) is 1. The van der Waals surface area contributed by atoms with Crippen LogP contribution in [0.2, 0.25) is 0 Å². The van der Waals surface area contributed by atoms with Crippen LogP contribution in [0.25, 0.3) is 0 Å². The summed E-state index contributed by atoms with van der Waals surface area (Å²) in [5.41, 5.74) is 2.04. The maximum absolute atomic E-state index is 13.2. The van der Waals surface area contributed by atoms with Gasteiger partial charge in [0.1, 0.15) is 18.2 Å². The monoisotopic (exact) mass is 288 g/mol. The molecule has 0 aliphatic heterocycles. The normalized spacial score (nSPS) is 10.4. The molecule has 0 spiro atoms. The molecular weight excluding hydrogens is 267 g/mol. The summed E-state index contributed by atoms with van der Waals surface area (Å²) in [4.78, 5) is 1.97. The minimum Gasteiger partial charge on any atom is -0.492 e. The highest BCUT2D eigenvalue weighted by molar-refractivity contribution is 5.45. The SMILES string of the molecule is CNCc1cccc(OCCN(C)c2cccc(F)c2)c1. The molecule has 21 heavy (non-hydrogen) atoms. The molecule has 0 atom stereocenters. The minimum absolute atomic E-state index is 0.222. The Labute approximate surface area is 125 Å². The van der Waals surface area contributed by atoms with E-state index in [1.54, 1.807) is 6.07 Å². The van der Waals surface area contributed by atoms with Crippen molar-refractivity contribution in [3.8, 4) is 5.75 Å². The molecule has 0 saturated heterocycles. The summed E-state index contributed by atoms with van der Waals surface area (Å²) in [6, 6.07) is 14.6. The number of likely N-dealkylation sites (N-methyl/N-ethyl adjacent to an activating group) is 1. The molecule has 0 bridgehead atoms. The van der Waals surface area contributed by atoms with E-state index in [-0.39, 0.29) is 5.82 Å². The van der Waals surface area contributed by atoms with Crippen LogP contribution in [-0.2, 0) is 6.54 Å². The molecule has 4 heteroatoms. The molecule has 0 heterocycles. The van der Waals surface area contributed by atoms with Crippen molar-refractivity contribution in [3.63, 3.8) is 0 Å². The van der Waals surface area contributed by atoms with Crippen molar-refractivity contribution in [2.45, 2.75) is 6.54 Å². The van der Waals surface area contributed by atoms with Gasteiger partial charge in [-0.1, -0.05) is 18.2 Å². The quantitative estimate of drug-likeness (QED) is 0.847. The number of hydrogen-bond donors (Lipinski definition) is 1. The van der Waals surface area contributed by atoms with Crippen LogP contribution in [0.5, 0.6) is 5.75 Å². The Morgan fingerprint density at radius 3 is 2.71 bits per heavy atom. The van der Waals surface area contributed by atoms with Crippen LogP contribution in [0, 0.1) is 5.82 Å². The molecule has 2 aromatic carbocycles. The lowest BCUT2D eigenvalue weighted by molar-refractivity contribution is 0.325. The first kappa shape index (κ1) is 15.3. The summed E-state index contributed by atoms with van der Waals surface area (Å²) in [6.07, 6.45) is 0. The molecule has 3 nitrogen and oxygen atoms in total. The number of nitrogens with zero attached hydrogens (tertiary/aromatic N) is 1. The molecule has 112 valence electrons. The van der Waals surface area contributed by atoms with Crippen molar-refractivity contribution in [1.29, 1.82) is 0 Å². The van der Waals surface area contributed by atoms with Gasteiger partial charge in [-0.2, -0.15) is 0 Å². The third-order valence-electron chi connectivity index (χ3n) is 3.22. The maximum atomic E-state index is 13.2.